The molecule has 0 aliphatic carbocycles. The summed E-state index contributed by atoms with van der Waals surface area (Å²) in [5.41, 5.74) is 2.44. The first-order chi connectivity index (χ1) is 10.3. The number of hydrogen-bond acceptors (Lipinski definition) is 3. The van der Waals surface area contributed by atoms with Crippen LogP contribution in [0.5, 0.6) is 11.5 Å². The van der Waals surface area contributed by atoms with Gasteiger partial charge in [0, 0.05) is 11.1 Å². The van der Waals surface area contributed by atoms with Crippen molar-refractivity contribution in [3.05, 3.63) is 58.6 Å². The van der Waals surface area contributed by atoms with Crippen molar-refractivity contribution in [3.63, 3.8) is 0 Å². The summed E-state index contributed by atoms with van der Waals surface area (Å²) in [6.45, 7) is 1.23. The molecule has 3 rings (SSSR count). The summed E-state index contributed by atoms with van der Waals surface area (Å²) in [5.74, 6) is 1.65. The molecule has 1 N–H and O–H groups in total. The van der Waals surface area contributed by atoms with E-state index in [2.05, 4.69) is 29.6 Å². The lowest BCUT2D eigenvalue weighted by atomic mass is 9.98. The van der Waals surface area contributed by atoms with E-state index >= 15 is 0 Å². The van der Waals surface area contributed by atoms with E-state index in [1.807, 2.05) is 25.2 Å². The smallest absolute Gasteiger partial charge is 0.161 e. The number of halogens is 1. The van der Waals surface area contributed by atoms with Crippen molar-refractivity contribution in [2.24, 2.45) is 0 Å². The van der Waals surface area contributed by atoms with Gasteiger partial charge in [0.2, 0.25) is 0 Å². The molecule has 0 saturated carbocycles. The summed E-state index contributed by atoms with van der Waals surface area (Å²) in [5, 5.41) is 4.12. The molecule has 3 nitrogen and oxygen atoms in total. The molecule has 0 bridgehead atoms. The molecule has 110 valence electrons. The van der Waals surface area contributed by atoms with Crippen LogP contribution in [-0.4, -0.2) is 20.3 Å². The predicted octanol–water partition coefficient (Wildman–Crippen LogP) is 3.61. The summed E-state index contributed by atoms with van der Waals surface area (Å²) >= 11 is 5.93. The summed E-state index contributed by atoms with van der Waals surface area (Å²) in [4.78, 5) is 0. The fraction of sp³-hybridized carbons (Fsp3) is 0.294. The van der Waals surface area contributed by atoms with Gasteiger partial charge in [-0.3, -0.25) is 0 Å². The van der Waals surface area contributed by atoms with Crippen LogP contribution in [0.2, 0.25) is 5.02 Å². The van der Waals surface area contributed by atoms with E-state index in [9.17, 15) is 0 Å². The zero-order valence-corrected chi connectivity index (χ0v) is 12.7. The van der Waals surface area contributed by atoms with E-state index in [-0.39, 0.29) is 6.04 Å². The van der Waals surface area contributed by atoms with Crippen LogP contribution < -0.4 is 14.8 Å². The summed E-state index contributed by atoms with van der Waals surface area (Å²) in [7, 11) is 1.97. The van der Waals surface area contributed by atoms with E-state index in [1.54, 1.807) is 0 Å². The number of fused-ring (bicyclic) bond motifs is 1. The molecule has 1 atom stereocenters. The van der Waals surface area contributed by atoms with E-state index in [4.69, 9.17) is 21.1 Å². The first-order valence-electron chi connectivity index (χ1n) is 7.07. The zero-order valence-electron chi connectivity index (χ0n) is 11.9. The molecule has 0 saturated heterocycles. The molecule has 0 amide bonds. The Morgan fingerprint density at radius 3 is 2.48 bits per heavy atom. The van der Waals surface area contributed by atoms with Crippen LogP contribution in [-0.2, 0) is 6.42 Å². The maximum atomic E-state index is 5.93. The monoisotopic (exact) mass is 303 g/mol. The number of rotatable bonds is 4. The third kappa shape index (κ3) is 3.31. The van der Waals surface area contributed by atoms with Crippen molar-refractivity contribution in [2.45, 2.75) is 12.5 Å². The van der Waals surface area contributed by atoms with Gasteiger partial charge in [-0.1, -0.05) is 29.8 Å². The van der Waals surface area contributed by atoms with Gasteiger partial charge < -0.3 is 14.8 Å². The van der Waals surface area contributed by atoms with Crippen LogP contribution in [0.25, 0.3) is 0 Å². The third-order valence-electron chi connectivity index (χ3n) is 3.67. The fourth-order valence-electron chi connectivity index (χ4n) is 2.52. The van der Waals surface area contributed by atoms with E-state index in [0.29, 0.717) is 13.2 Å². The topological polar surface area (TPSA) is 30.5 Å². The van der Waals surface area contributed by atoms with E-state index in [1.165, 1.54) is 11.1 Å². The van der Waals surface area contributed by atoms with Gasteiger partial charge in [0.05, 0.1) is 0 Å². The highest BCUT2D eigenvalue weighted by Gasteiger charge is 2.16. The Balaban J connectivity index is 1.81. The van der Waals surface area contributed by atoms with Crippen LogP contribution in [0.4, 0.5) is 0 Å². The second kappa shape index (κ2) is 6.37. The normalized spacial score (nSPS) is 14.8. The van der Waals surface area contributed by atoms with Gasteiger partial charge in [0.1, 0.15) is 13.2 Å². The third-order valence-corrected chi connectivity index (χ3v) is 3.92. The summed E-state index contributed by atoms with van der Waals surface area (Å²) in [6.07, 6.45) is 0.896. The van der Waals surface area contributed by atoms with Crippen LogP contribution in [0.3, 0.4) is 0 Å². The molecule has 1 unspecified atom stereocenters. The maximum absolute atomic E-state index is 5.93. The molecule has 1 aliphatic rings. The highest BCUT2D eigenvalue weighted by Crippen LogP contribution is 2.33. The summed E-state index contributed by atoms with van der Waals surface area (Å²) < 4.78 is 11.2. The highest BCUT2D eigenvalue weighted by atomic mass is 35.5. The Kier molecular flexibility index (Phi) is 4.32. The molecule has 21 heavy (non-hydrogen) atoms. The standard InChI is InChI=1S/C17H18ClNO2/c1-19-15(10-12-2-5-14(18)6-3-12)13-4-7-16-17(11-13)21-9-8-20-16/h2-7,11,15,19H,8-10H2,1H3. The van der Waals surface area contributed by atoms with Crippen molar-refractivity contribution >= 4 is 11.6 Å². The van der Waals surface area contributed by atoms with Crippen molar-refractivity contribution in [3.8, 4) is 11.5 Å². The van der Waals surface area contributed by atoms with Crippen molar-refractivity contribution in [1.82, 2.24) is 5.32 Å². The highest BCUT2D eigenvalue weighted by molar-refractivity contribution is 6.30. The molecule has 0 fully saturated rings. The summed E-state index contributed by atoms with van der Waals surface area (Å²) in [6, 6.07) is 14.3. The first-order valence-corrected chi connectivity index (χ1v) is 7.45. The quantitative estimate of drug-likeness (QED) is 0.936. The van der Waals surface area contributed by atoms with E-state index in [0.717, 1.165) is 22.9 Å². The fourth-order valence-corrected chi connectivity index (χ4v) is 2.65. The lowest BCUT2D eigenvalue weighted by Gasteiger charge is -2.22. The number of benzene rings is 2. The second-order valence-electron chi connectivity index (χ2n) is 5.07. The Hall–Kier alpha value is -1.71. The number of likely N-dealkylation sites (N-methyl/N-ethyl adjacent to an activating group) is 1. The largest absolute Gasteiger partial charge is 0.486 e. The minimum Gasteiger partial charge on any atom is -0.486 e. The Bertz CT molecular complexity index is 613. The first kappa shape index (κ1) is 14.2. The molecule has 0 aromatic heterocycles. The minimum absolute atomic E-state index is 0.224. The van der Waals surface area contributed by atoms with Gasteiger partial charge in [-0.2, -0.15) is 0 Å². The SMILES string of the molecule is CNC(Cc1ccc(Cl)cc1)c1ccc2c(c1)OCCO2. The molecule has 0 radical (unpaired) electrons. The molecular weight excluding hydrogens is 286 g/mol. The molecule has 1 aliphatic heterocycles. The molecule has 1 heterocycles. The van der Waals surface area contributed by atoms with Crippen molar-refractivity contribution in [1.29, 1.82) is 0 Å². The van der Waals surface area contributed by atoms with Gasteiger partial charge in [-0.15, -0.1) is 0 Å². The molecule has 2 aromatic carbocycles. The predicted molar refractivity (Wildman–Crippen MR) is 84.4 cm³/mol. The van der Waals surface area contributed by atoms with Gasteiger partial charge >= 0.3 is 0 Å². The Morgan fingerprint density at radius 2 is 1.76 bits per heavy atom. The van der Waals surface area contributed by atoms with Crippen LogP contribution in [0.1, 0.15) is 17.2 Å². The van der Waals surface area contributed by atoms with Crippen LogP contribution >= 0.6 is 11.6 Å². The Labute approximate surface area is 129 Å². The average Bonchev–Trinajstić information content (AvgIpc) is 2.54. The maximum Gasteiger partial charge on any atom is 0.161 e. The zero-order chi connectivity index (χ0) is 14.7. The Morgan fingerprint density at radius 1 is 1.05 bits per heavy atom. The van der Waals surface area contributed by atoms with Gasteiger partial charge in [0.25, 0.3) is 0 Å². The van der Waals surface area contributed by atoms with Crippen molar-refractivity contribution < 1.29 is 9.47 Å². The number of nitrogens with one attached hydrogen (secondary N) is 1. The molecule has 4 heteroatoms. The molecular formula is C17H18ClNO2. The van der Waals surface area contributed by atoms with Crippen LogP contribution in [0.15, 0.2) is 42.5 Å². The number of ether oxygens (including phenoxy) is 2. The lowest BCUT2D eigenvalue weighted by Crippen LogP contribution is -2.20. The molecule has 0 spiro atoms. The van der Waals surface area contributed by atoms with E-state index < -0.39 is 0 Å². The van der Waals surface area contributed by atoms with Gasteiger partial charge in [0.15, 0.2) is 11.5 Å². The minimum atomic E-state index is 0.224. The average molecular weight is 304 g/mol. The van der Waals surface area contributed by atoms with Crippen molar-refractivity contribution in [2.75, 3.05) is 20.3 Å². The van der Waals surface area contributed by atoms with Gasteiger partial charge in [-0.05, 0) is 48.9 Å². The van der Waals surface area contributed by atoms with Gasteiger partial charge in [-0.25, -0.2) is 0 Å². The lowest BCUT2D eigenvalue weighted by molar-refractivity contribution is 0.171. The van der Waals surface area contributed by atoms with Crippen LogP contribution in [0, 0.1) is 0 Å². The molecule has 2 aromatic rings. The number of hydrogen-bond donors (Lipinski definition) is 1. The second-order valence-corrected chi connectivity index (χ2v) is 5.51.